The number of phenolic OH excluding ortho intramolecular Hbond substituents is 1. The Morgan fingerprint density at radius 1 is 1.26 bits per heavy atom. The summed E-state index contributed by atoms with van der Waals surface area (Å²) in [4.78, 5) is 11.0. The fourth-order valence-corrected chi connectivity index (χ4v) is 3.64. The van der Waals surface area contributed by atoms with Gasteiger partial charge in [-0.05, 0) is 16.8 Å². The van der Waals surface area contributed by atoms with Gasteiger partial charge in [0.15, 0.2) is 0 Å². The number of nitrogens with one attached hydrogen (secondary N) is 1. The van der Waals surface area contributed by atoms with Crippen molar-refractivity contribution in [3.05, 3.63) is 42.0 Å². The third-order valence-corrected chi connectivity index (χ3v) is 4.52. The van der Waals surface area contributed by atoms with Crippen molar-refractivity contribution in [3.63, 3.8) is 0 Å². The van der Waals surface area contributed by atoms with E-state index in [0.717, 1.165) is 16.3 Å². The molecule has 0 amide bonds. The smallest absolute Gasteiger partial charge is 0.321 e. The summed E-state index contributed by atoms with van der Waals surface area (Å²) in [6.45, 7) is 0. The number of fused-ring (bicyclic) bond motifs is 1. The molecule has 0 aliphatic carbocycles. The molecule has 0 bridgehead atoms. The van der Waals surface area contributed by atoms with Crippen molar-refractivity contribution in [2.75, 3.05) is 5.75 Å². The van der Waals surface area contributed by atoms with Crippen LogP contribution in [0.25, 0.3) is 10.8 Å². The Kier molecular flexibility index (Phi) is 3.08. The van der Waals surface area contributed by atoms with Crippen molar-refractivity contribution in [3.8, 4) is 5.75 Å². The van der Waals surface area contributed by atoms with Crippen LogP contribution in [0.1, 0.15) is 10.9 Å². The van der Waals surface area contributed by atoms with E-state index in [9.17, 15) is 9.90 Å². The highest BCUT2D eigenvalue weighted by molar-refractivity contribution is 7.99. The molecule has 0 radical (unpaired) electrons. The highest BCUT2D eigenvalue weighted by atomic mass is 32.2. The molecule has 1 aliphatic rings. The molecule has 0 saturated carbocycles. The van der Waals surface area contributed by atoms with Gasteiger partial charge >= 0.3 is 5.97 Å². The lowest BCUT2D eigenvalue weighted by atomic mass is 10.0. The van der Waals surface area contributed by atoms with Gasteiger partial charge in [-0.25, -0.2) is 0 Å². The van der Waals surface area contributed by atoms with E-state index in [4.69, 9.17) is 5.11 Å². The lowest BCUT2D eigenvalue weighted by Gasteiger charge is -2.15. The molecule has 1 saturated heterocycles. The Labute approximate surface area is 114 Å². The summed E-state index contributed by atoms with van der Waals surface area (Å²) >= 11 is 1.51. The topological polar surface area (TPSA) is 69.6 Å². The van der Waals surface area contributed by atoms with Gasteiger partial charge in [0.05, 0.1) is 5.37 Å². The Morgan fingerprint density at radius 3 is 2.79 bits per heavy atom. The van der Waals surface area contributed by atoms with E-state index in [0.29, 0.717) is 5.75 Å². The van der Waals surface area contributed by atoms with E-state index in [1.54, 1.807) is 6.07 Å². The van der Waals surface area contributed by atoms with Gasteiger partial charge in [0, 0.05) is 11.3 Å². The minimum atomic E-state index is -0.852. The molecule has 98 valence electrons. The van der Waals surface area contributed by atoms with Crippen molar-refractivity contribution < 1.29 is 15.0 Å². The first-order chi connectivity index (χ1) is 9.16. The Hall–Kier alpha value is -1.72. The van der Waals surface area contributed by atoms with E-state index in [-0.39, 0.29) is 11.1 Å². The molecule has 1 heterocycles. The first kappa shape index (κ1) is 12.3. The van der Waals surface area contributed by atoms with E-state index in [2.05, 4.69) is 5.32 Å². The predicted molar refractivity (Wildman–Crippen MR) is 75.4 cm³/mol. The molecule has 2 unspecified atom stereocenters. The number of rotatable bonds is 2. The quantitative estimate of drug-likeness (QED) is 0.785. The van der Waals surface area contributed by atoms with Crippen LogP contribution in [0.3, 0.4) is 0 Å². The molecule has 5 heteroatoms. The number of carboxylic acid groups (broad SMARTS) is 1. The van der Waals surface area contributed by atoms with Crippen molar-refractivity contribution in [2.45, 2.75) is 11.4 Å². The zero-order valence-electron chi connectivity index (χ0n) is 10.0. The zero-order chi connectivity index (χ0) is 13.4. The van der Waals surface area contributed by atoms with E-state index < -0.39 is 12.0 Å². The second-order valence-electron chi connectivity index (χ2n) is 4.49. The van der Waals surface area contributed by atoms with Gasteiger partial charge in [-0.15, -0.1) is 11.8 Å². The highest BCUT2D eigenvalue weighted by Crippen LogP contribution is 2.41. The Balaban J connectivity index is 2.05. The van der Waals surface area contributed by atoms with Crippen LogP contribution in [0.4, 0.5) is 0 Å². The molecular weight excluding hydrogens is 262 g/mol. The number of phenols is 1. The molecule has 2 aromatic carbocycles. The maximum atomic E-state index is 11.0. The SMILES string of the molecule is O=C(O)C1CSC(c2c(O)ccc3ccccc23)N1. The normalized spacial score (nSPS) is 22.7. The maximum Gasteiger partial charge on any atom is 0.321 e. The van der Waals surface area contributed by atoms with Crippen molar-refractivity contribution >= 4 is 28.5 Å². The minimum Gasteiger partial charge on any atom is -0.508 e. The van der Waals surface area contributed by atoms with Crippen LogP contribution in [0.15, 0.2) is 36.4 Å². The number of hydrogen-bond acceptors (Lipinski definition) is 4. The third-order valence-electron chi connectivity index (χ3n) is 3.29. The molecule has 4 nitrogen and oxygen atoms in total. The zero-order valence-corrected chi connectivity index (χ0v) is 10.9. The molecule has 19 heavy (non-hydrogen) atoms. The van der Waals surface area contributed by atoms with Crippen LogP contribution >= 0.6 is 11.8 Å². The molecule has 0 aromatic heterocycles. The first-order valence-electron chi connectivity index (χ1n) is 5.98. The number of aromatic hydroxyl groups is 1. The molecule has 3 rings (SSSR count). The summed E-state index contributed by atoms with van der Waals surface area (Å²) in [5, 5.41) is 24.0. The van der Waals surface area contributed by atoms with Crippen LogP contribution < -0.4 is 5.32 Å². The number of hydrogen-bond donors (Lipinski definition) is 3. The Bertz CT molecular complexity index is 644. The average Bonchev–Trinajstić information content (AvgIpc) is 2.88. The number of carboxylic acids is 1. The molecule has 2 aromatic rings. The van der Waals surface area contributed by atoms with Gasteiger partial charge in [-0.2, -0.15) is 0 Å². The van der Waals surface area contributed by atoms with Gasteiger partial charge in [-0.1, -0.05) is 30.3 Å². The highest BCUT2D eigenvalue weighted by Gasteiger charge is 2.32. The van der Waals surface area contributed by atoms with Gasteiger partial charge in [0.2, 0.25) is 0 Å². The summed E-state index contributed by atoms with van der Waals surface area (Å²) in [5.41, 5.74) is 0.770. The minimum absolute atomic E-state index is 0.188. The predicted octanol–water partition coefficient (Wildman–Crippen LogP) is 2.33. The lowest BCUT2D eigenvalue weighted by Crippen LogP contribution is -2.33. The van der Waals surface area contributed by atoms with Crippen LogP contribution in [0.5, 0.6) is 5.75 Å². The van der Waals surface area contributed by atoms with Crippen LogP contribution in [0.2, 0.25) is 0 Å². The van der Waals surface area contributed by atoms with Gasteiger partial charge in [0.25, 0.3) is 0 Å². The lowest BCUT2D eigenvalue weighted by molar-refractivity contribution is -0.138. The summed E-state index contributed by atoms with van der Waals surface area (Å²) < 4.78 is 0. The van der Waals surface area contributed by atoms with Crippen LogP contribution in [-0.4, -0.2) is 28.0 Å². The van der Waals surface area contributed by atoms with Gasteiger partial charge in [0.1, 0.15) is 11.8 Å². The standard InChI is InChI=1S/C14H13NO3S/c16-11-6-5-8-3-1-2-4-9(8)12(11)13-15-10(7-19-13)14(17)18/h1-6,10,13,15-16H,7H2,(H,17,18). The average molecular weight is 275 g/mol. The fourth-order valence-electron chi connectivity index (χ4n) is 2.34. The summed E-state index contributed by atoms with van der Waals surface area (Å²) in [7, 11) is 0. The van der Waals surface area contributed by atoms with Crippen LogP contribution in [-0.2, 0) is 4.79 Å². The Morgan fingerprint density at radius 2 is 2.05 bits per heavy atom. The number of thioether (sulfide) groups is 1. The molecule has 3 N–H and O–H groups in total. The molecule has 1 fully saturated rings. The largest absolute Gasteiger partial charge is 0.508 e. The van der Waals surface area contributed by atoms with Gasteiger partial charge in [-0.3, -0.25) is 10.1 Å². The molecular formula is C14H13NO3S. The monoisotopic (exact) mass is 275 g/mol. The number of aliphatic carboxylic acids is 1. The third kappa shape index (κ3) is 2.15. The van der Waals surface area contributed by atoms with E-state index in [1.807, 2.05) is 30.3 Å². The second kappa shape index (κ2) is 4.75. The maximum absolute atomic E-state index is 11.0. The molecule has 0 spiro atoms. The van der Waals surface area contributed by atoms with E-state index >= 15 is 0 Å². The summed E-state index contributed by atoms with van der Waals surface area (Å²) in [6.07, 6.45) is 0. The number of benzene rings is 2. The second-order valence-corrected chi connectivity index (χ2v) is 5.63. The van der Waals surface area contributed by atoms with Gasteiger partial charge < -0.3 is 10.2 Å². The summed E-state index contributed by atoms with van der Waals surface area (Å²) in [6, 6.07) is 10.7. The van der Waals surface area contributed by atoms with Crippen molar-refractivity contribution in [1.29, 1.82) is 0 Å². The molecule has 1 aliphatic heterocycles. The van der Waals surface area contributed by atoms with Crippen LogP contribution in [0, 0.1) is 0 Å². The fraction of sp³-hybridized carbons (Fsp3) is 0.214. The molecule has 2 atom stereocenters. The van der Waals surface area contributed by atoms with E-state index in [1.165, 1.54) is 11.8 Å². The van der Waals surface area contributed by atoms with Crippen molar-refractivity contribution in [1.82, 2.24) is 5.32 Å². The number of carbonyl (C=O) groups is 1. The summed E-state index contributed by atoms with van der Waals surface area (Å²) in [5.74, 6) is -0.146. The van der Waals surface area contributed by atoms with Crippen molar-refractivity contribution in [2.24, 2.45) is 0 Å². The first-order valence-corrected chi connectivity index (χ1v) is 7.03.